The van der Waals surface area contributed by atoms with Gasteiger partial charge in [0.15, 0.2) is 5.78 Å². The molecule has 2 N–H and O–H groups in total. The van der Waals surface area contributed by atoms with Crippen molar-refractivity contribution in [1.29, 1.82) is 0 Å². The highest BCUT2D eigenvalue weighted by molar-refractivity contribution is 6.31. The van der Waals surface area contributed by atoms with E-state index in [-0.39, 0.29) is 39.1 Å². The summed E-state index contributed by atoms with van der Waals surface area (Å²) in [6.45, 7) is 0.931. The van der Waals surface area contributed by atoms with Crippen molar-refractivity contribution in [3.05, 3.63) is 58.1 Å². The summed E-state index contributed by atoms with van der Waals surface area (Å²) in [5.74, 6) is -0.475. The van der Waals surface area contributed by atoms with Crippen LogP contribution in [0.4, 0.5) is 8.78 Å². The number of ether oxygens (including phenoxy) is 2. The van der Waals surface area contributed by atoms with Gasteiger partial charge in [-0.2, -0.15) is 0 Å². The number of hydrogen-bond donors (Lipinski definition) is 2. The standard InChI is InChI=1S/C26H29Cl2F2NO4/c27-20-4-2-18(12-22(20)29)34-11-1-10-31-26-8-6-25(7-9-26,15-24(26)33)14-17(32)16-35-19-3-5-21(28)23(30)13-19/h2-5,12-13,24,31,33H,1,6-11,14-16H2/t24-,25?,26?/m0/s1. The number of rotatable bonds is 11. The van der Waals surface area contributed by atoms with Crippen molar-refractivity contribution < 1.29 is 28.2 Å². The zero-order chi connectivity index (χ0) is 25.1. The Labute approximate surface area is 213 Å². The van der Waals surface area contributed by atoms with E-state index in [0.717, 1.165) is 31.7 Å². The normalized spacial score (nSPS) is 25.5. The second kappa shape index (κ2) is 11.0. The van der Waals surface area contributed by atoms with Crippen molar-refractivity contribution >= 4 is 29.0 Å². The summed E-state index contributed by atoms with van der Waals surface area (Å²) in [5, 5.41) is 14.5. The fourth-order valence-corrected chi connectivity index (χ4v) is 5.51. The van der Waals surface area contributed by atoms with Crippen molar-refractivity contribution in [2.75, 3.05) is 19.8 Å². The number of hydrogen-bond acceptors (Lipinski definition) is 5. The van der Waals surface area contributed by atoms with Gasteiger partial charge in [0.05, 0.1) is 22.8 Å². The van der Waals surface area contributed by atoms with Crippen molar-refractivity contribution in [2.45, 2.75) is 56.6 Å². The maximum absolute atomic E-state index is 13.6. The maximum Gasteiger partial charge on any atom is 0.170 e. The van der Waals surface area contributed by atoms with Crippen LogP contribution in [0.2, 0.25) is 10.0 Å². The zero-order valence-electron chi connectivity index (χ0n) is 19.3. The van der Waals surface area contributed by atoms with Gasteiger partial charge < -0.3 is 19.9 Å². The number of aliphatic hydroxyl groups is 1. The van der Waals surface area contributed by atoms with E-state index in [9.17, 15) is 18.7 Å². The number of nitrogens with one attached hydrogen (secondary N) is 1. The fourth-order valence-electron chi connectivity index (χ4n) is 5.28. The highest BCUT2D eigenvalue weighted by Crippen LogP contribution is 2.54. The summed E-state index contributed by atoms with van der Waals surface area (Å²) in [4.78, 5) is 12.6. The number of carbonyl (C=O) groups is 1. The zero-order valence-corrected chi connectivity index (χ0v) is 20.8. The Morgan fingerprint density at radius 3 is 2.17 bits per heavy atom. The lowest BCUT2D eigenvalue weighted by molar-refractivity contribution is -0.131. The summed E-state index contributed by atoms with van der Waals surface area (Å²) in [6, 6.07) is 8.44. The Balaban J connectivity index is 1.20. The lowest BCUT2D eigenvalue weighted by Gasteiger charge is -2.56. The molecule has 3 saturated carbocycles. The molecule has 0 spiro atoms. The SMILES string of the molecule is O=C(COc1ccc(Cl)c(F)c1)CC12CCC(NCCCOc3ccc(Cl)c(F)c3)(CC1)[C@@H](O)C2. The molecule has 2 aromatic rings. The Hall–Kier alpha value is -1.93. The number of ketones is 1. The predicted octanol–water partition coefficient (Wildman–Crippen LogP) is 5.73. The number of fused-ring (bicyclic) bond motifs is 3. The number of benzene rings is 2. The van der Waals surface area contributed by atoms with Gasteiger partial charge in [-0.1, -0.05) is 23.2 Å². The van der Waals surface area contributed by atoms with Gasteiger partial charge in [0.2, 0.25) is 0 Å². The van der Waals surface area contributed by atoms with E-state index in [1.165, 1.54) is 24.3 Å². The number of halogens is 4. The first kappa shape index (κ1) is 26.1. The quantitative estimate of drug-likeness (QED) is 0.365. The molecule has 190 valence electrons. The molecule has 0 aliphatic heterocycles. The number of carbonyl (C=O) groups excluding carboxylic acids is 1. The molecule has 3 aliphatic carbocycles. The monoisotopic (exact) mass is 527 g/mol. The van der Waals surface area contributed by atoms with E-state index in [0.29, 0.717) is 38.2 Å². The summed E-state index contributed by atoms with van der Waals surface area (Å²) >= 11 is 11.4. The van der Waals surface area contributed by atoms with E-state index in [4.69, 9.17) is 32.7 Å². The van der Waals surface area contributed by atoms with Gasteiger partial charge in [-0.3, -0.25) is 4.79 Å². The molecule has 1 atom stereocenters. The molecule has 5 nitrogen and oxygen atoms in total. The lowest BCUT2D eigenvalue weighted by Crippen LogP contribution is -2.63. The van der Waals surface area contributed by atoms with Crippen LogP contribution in [0.25, 0.3) is 0 Å². The van der Waals surface area contributed by atoms with Crippen LogP contribution in [0.1, 0.15) is 44.9 Å². The average molecular weight is 528 g/mol. The highest BCUT2D eigenvalue weighted by atomic mass is 35.5. The Kier molecular flexibility index (Phi) is 8.21. The third kappa shape index (κ3) is 6.26. The van der Waals surface area contributed by atoms with E-state index in [1.54, 1.807) is 6.07 Å². The molecular formula is C26H29Cl2F2NO4. The second-order valence-electron chi connectivity index (χ2n) is 9.66. The van der Waals surface area contributed by atoms with Gasteiger partial charge in [-0.15, -0.1) is 0 Å². The summed E-state index contributed by atoms with van der Waals surface area (Å²) in [7, 11) is 0. The summed E-state index contributed by atoms with van der Waals surface area (Å²) < 4.78 is 38.1. The van der Waals surface area contributed by atoms with Crippen LogP contribution < -0.4 is 14.8 Å². The molecule has 2 bridgehead atoms. The first-order valence-corrected chi connectivity index (χ1v) is 12.6. The largest absolute Gasteiger partial charge is 0.493 e. The van der Waals surface area contributed by atoms with Crippen LogP contribution in [-0.4, -0.2) is 42.3 Å². The predicted molar refractivity (Wildman–Crippen MR) is 130 cm³/mol. The Morgan fingerprint density at radius 1 is 1.00 bits per heavy atom. The van der Waals surface area contributed by atoms with Crippen LogP contribution in [0.3, 0.4) is 0 Å². The van der Waals surface area contributed by atoms with Gasteiger partial charge in [-0.25, -0.2) is 8.78 Å². The highest BCUT2D eigenvalue weighted by Gasteiger charge is 2.54. The molecule has 35 heavy (non-hydrogen) atoms. The van der Waals surface area contributed by atoms with Crippen molar-refractivity contribution in [3.8, 4) is 11.5 Å². The minimum Gasteiger partial charge on any atom is -0.493 e. The first-order chi connectivity index (χ1) is 16.7. The molecule has 0 saturated heterocycles. The van der Waals surface area contributed by atoms with Crippen LogP contribution in [0.15, 0.2) is 36.4 Å². The molecule has 5 rings (SSSR count). The summed E-state index contributed by atoms with van der Waals surface area (Å²) in [6.07, 6.45) is 4.31. The van der Waals surface area contributed by atoms with Gasteiger partial charge >= 0.3 is 0 Å². The third-order valence-electron chi connectivity index (χ3n) is 7.29. The molecule has 0 amide bonds. The van der Waals surface area contributed by atoms with Crippen LogP contribution in [0.5, 0.6) is 11.5 Å². The van der Waals surface area contributed by atoms with Gasteiger partial charge in [-0.05, 0) is 74.8 Å². The molecule has 0 heterocycles. The lowest BCUT2D eigenvalue weighted by atomic mass is 9.54. The smallest absolute Gasteiger partial charge is 0.170 e. The fraction of sp³-hybridized carbons (Fsp3) is 0.500. The maximum atomic E-state index is 13.6. The average Bonchev–Trinajstić information content (AvgIpc) is 2.83. The van der Waals surface area contributed by atoms with Crippen LogP contribution in [0, 0.1) is 17.0 Å². The summed E-state index contributed by atoms with van der Waals surface area (Å²) in [5.41, 5.74) is -0.579. The molecule has 0 unspecified atom stereocenters. The molecular weight excluding hydrogens is 499 g/mol. The topological polar surface area (TPSA) is 67.8 Å². The van der Waals surface area contributed by atoms with E-state index >= 15 is 0 Å². The van der Waals surface area contributed by atoms with E-state index < -0.39 is 17.7 Å². The molecule has 2 aromatic carbocycles. The molecule has 3 aliphatic rings. The van der Waals surface area contributed by atoms with Gasteiger partial charge in [0.25, 0.3) is 0 Å². The van der Waals surface area contributed by atoms with Crippen molar-refractivity contribution in [1.82, 2.24) is 5.32 Å². The first-order valence-electron chi connectivity index (χ1n) is 11.8. The van der Waals surface area contributed by atoms with Crippen LogP contribution >= 0.6 is 23.2 Å². The minimum absolute atomic E-state index is 0.00234. The molecule has 9 heteroatoms. The second-order valence-corrected chi connectivity index (χ2v) is 10.5. The van der Waals surface area contributed by atoms with E-state index in [2.05, 4.69) is 5.32 Å². The number of aliphatic hydroxyl groups excluding tert-OH is 1. The van der Waals surface area contributed by atoms with Crippen molar-refractivity contribution in [3.63, 3.8) is 0 Å². The van der Waals surface area contributed by atoms with E-state index in [1.807, 2.05) is 0 Å². The Bertz CT molecular complexity index is 1060. The molecule has 3 fully saturated rings. The molecule has 0 radical (unpaired) electrons. The third-order valence-corrected chi connectivity index (χ3v) is 7.90. The van der Waals surface area contributed by atoms with Crippen molar-refractivity contribution in [2.24, 2.45) is 5.41 Å². The van der Waals surface area contributed by atoms with Crippen LogP contribution in [-0.2, 0) is 4.79 Å². The van der Waals surface area contributed by atoms with Gasteiger partial charge in [0.1, 0.15) is 29.7 Å². The minimum atomic E-state index is -0.591. The molecule has 0 aromatic heterocycles. The number of Topliss-reactive ketones (excluding diaryl/α,β-unsaturated/α-hetero) is 1. The Morgan fingerprint density at radius 2 is 1.60 bits per heavy atom. The van der Waals surface area contributed by atoms with Gasteiger partial charge in [0, 0.05) is 24.1 Å².